The Morgan fingerprint density at radius 2 is 1.97 bits per heavy atom. The van der Waals surface area contributed by atoms with Gasteiger partial charge in [-0.25, -0.2) is 0 Å². The zero-order valence-electron chi connectivity index (χ0n) is 20.3. The van der Waals surface area contributed by atoms with Gasteiger partial charge in [0, 0.05) is 50.7 Å². The molecule has 0 bridgehead atoms. The standard InChI is InChI=1S/C26H35N5O3S/c1-2-7-24(32)31(34)23-11-4-3-8-20(23)10-6-13-29-14-16-30(17-15-29)26(33)22-19-35-25(28-22)21-9-5-12-27-18-21/h3-5,8-9,11-12,18,22,25,28,34H,2,6-7,10,13-17,19H2,1H3. The lowest BCUT2D eigenvalue weighted by Gasteiger charge is -2.36. The van der Waals surface area contributed by atoms with Crippen LogP contribution >= 0.6 is 11.8 Å². The van der Waals surface area contributed by atoms with Gasteiger partial charge in [-0.15, -0.1) is 11.8 Å². The van der Waals surface area contributed by atoms with E-state index in [1.54, 1.807) is 24.0 Å². The molecule has 2 aromatic rings. The van der Waals surface area contributed by atoms with Gasteiger partial charge in [-0.3, -0.25) is 30.0 Å². The SMILES string of the molecule is CCCC(=O)N(O)c1ccccc1CCCN1CCN(C(=O)C2CSC(c3cccnc3)N2)CC1. The van der Waals surface area contributed by atoms with E-state index in [2.05, 4.69) is 15.2 Å². The van der Waals surface area contributed by atoms with Gasteiger partial charge in [0.05, 0.1) is 17.1 Å². The number of aryl methyl sites for hydroxylation is 1. The quantitative estimate of drug-likeness (QED) is 0.407. The smallest absolute Gasteiger partial charge is 0.250 e. The third kappa shape index (κ3) is 6.61. The van der Waals surface area contributed by atoms with E-state index in [-0.39, 0.29) is 23.2 Å². The van der Waals surface area contributed by atoms with Crippen LogP contribution < -0.4 is 10.4 Å². The lowest BCUT2D eigenvalue weighted by atomic mass is 10.1. The van der Waals surface area contributed by atoms with Gasteiger partial charge in [0.1, 0.15) is 0 Å². The van der Waals surface area contributed by atoms with Gasteiger partial charge >= 0.3 is 0 Å². The van der Waals surface area contributed by atoms with Crippen LogP contribution in [0.5, 0.6) is 0 Å². The molecule has 2 aliphatic rings. The summed E-state index contributed by atoms with van der Waals surface area (Å²) in [6.45, 7) is 6.05. The zero-order chi connectivity index (χ0) is 24.6. The number of para-hydroxylation sites is 1. The molecule has 1 aromatic carbocycles. The van der Waals surface area contributed by atoms with Crippen LogP contribution in [0.3, 0.4) is 0 Å². The monoisotopic (exact) mass is 497 g/mol. The van der Waals surface area contributed by atoms with Gasteiger partial charge in [0.15, 0.2) is 0 Å². The number of rotatable bonds is 9. The van der Waals surface area contributed by atoms with Crippen molar-refractivity contribution in [2.45, 2.75) is 44.0 Å². The lowest BCUT2D eigenvalue weighted by molar-refractivity contribution is -0.134. The van der Waals surface area contributed by atoms with Gasteiger partial charge in [-0.05, 0) is 49.1 Å². The Balaban J connectivity index is 1.21. The molecule has 0 aliphatic carbocycles. The highest BCUT2D eigenvalue weighted by Gasteiger charge is 2.34. The first-order chi connectivity index (χ1) is 17.1. The van der Waals surface area contributed by atoms with Crippen LogP contribution in [0, 0.1) is 0 Å². The van der Waals surface area contributed by atoms with Crippen LogP contribution in [-0.2, 0) is 16.0 Å². The maximum atomic E-state index is 13.0. The molecule has 3 heterocycles. The number of piperazine rings is 1. The Labute approximate surface area is 211 Å². The molecule has 188 valence electrons. The second-order valence-electron chi connectivity index (χ2n) is 9.07. The first-order valence-corrected chi connectivity index (χ1v) is 13.5. The molecule has 8 nitrogen and oxygen atoms in total. The zero-order valence-corrected chi connectivity index (χ0v) is 21.1. The first kappa shape index (κ1) is 25.6. The first-order valence-electron chi connectivity index (χ1n) is 12.4. The summed E-state index contributed by atoms with van der Waals surface area (Å²) < 4.78 is 0. The van der Waals surface area contributed by atoms with Crippen LogP contribution in [0.25, 0.3) is 0 Å². The predicted molar refractivity (Wildman–Crippen MR) is 138 cm³/mol. The van der Waals surface area contributed by atoms with Gasteiger partial charge in [0.2, 0.25) is 5.91 Å². The molecule has 2 saturated heterocycles. The van der Waals surface area contributed by atoms with E-state index in [0.29, 0.717) is 18.5 Å². The van der Waals surface area contributed by atoms with E-state index >= 15 is 0 Å². The largest absolute Gasteiger partial charge is 0.339 e. The molecule has 2 fully saturated rings. The third-order valence-electron chi connectivity index (χ3n) is 6.59. The van der Waals surface area contributed by atoms with Crippen molar-refractivity contribution < 1.29 is 14.8 Å². The highest BCUT2D eigenvalue weighted by atomic mass is 32.2. The number of anilines is 1. The molecule has 35 heavy (non-hydrogen) atoms. The summed E-state index contributed by atoms with van der Waals surface area (Å²) in [5.41, 5.74) is 2.66. The Bertz CT molecular complexity index is 984. The maximum Gasteiger partial charge on any atom is 0.250 e. The molecule has 2 aliphatic heterocycles. The van der Waals surface area contributed by atoms with E-state index in [4.69, 9.17) is 0 Å². The molecule has 9 heteroatoms. The molecule has 2 amide bonds. The minimum atomic E-state index is -0.275. The number of hydrogen-bond donors (Lipinski definition) is 2. The van der Waals surface area contributed by atoms with E-state index in [0.717, 1.165) is 67.5 Å². The maximum absolute atomic E-state index is 13.0. The van der Waals surface area contributed by atoms with E-state index in [1.807, 2.05) is 48.4 Å². The molecule has 0 saturated carbocycles. The number of hydrogen-bond acceptors (Lipinski definition) is 7. The third-order valence-corrected chi connectivity index (χ3v) is 7.86. The molecule has 1 aromatic heterocycles. The molecule has 2 N–H and O–H groups in total. The summed E-state index contributed by atoms with van der Waals surface area (Å²) in [6.07, 6.45) is 6.36. The normalized spacial score (nSPS) is 20.7. The number of nitrogens with zero attached hydrogens (tertiary/aromatic N) is 4. The minimum Gasteiger partial charge on any atom is -0.339 e. The van der Waals surface area contributed by atoms with Crippen molar-refractivity contribution in [2.24, 2.45) is 0 Å². The number of nitrogens with one attached hydrogen (secondary N) is 1. The summed E-state index contributed by atoms with van der Waals surface area (Å²) in [7, 11) is 0. The number of carbonyl (C=O) groups excluding carboxylic acids is 2. The van der Waals surface area contributed by atoms with Gasteiger partial charge in [-0.2, -0.15) is 5.06 Å². The number of pyridine rings is 1. The Morgan fingerprint density at radius 1 is 1.17 bits per heavy atom. The molecular formula is C26H35N5O3S. The summed E-state index contributed by atoms with van der Waals surface area (Å²) in [4.78, 5) is 33.7. The van der Waals surface area contributed by atoms with Crippen LogP contribution in [0.15, 0.2) is 48.8 Å². The number of benzene rings is 1. The van der Waals surface area contributed by atoms with Gasteiger partial charge in [0.25, 0.3) is 5.91 Å². The minimum absolute atomic E-state index is 0.119. The van der Waals surface area contributed by atoms with Crippen molar-refractivity contribution in [3.05, 3.63) is 59.9 Å². The van der Waals surface area contributed by atoms with Crippen LogP contribution in [0.4, 0.5) is 5.69 Å². The van der Waals surface area contributed by atoms with Crippen molar-refractivity contribution in [3.63, 3.8) is 0 Å². The topological polar surface area (TPSA) is 89.0 Å². The molecule has 2 unspecified atom stereocenters. The Hall–Kier alpha value is -2.46. The van der Waals surface area contributed by atoms with E-state index in [1.165, 1.54) is 0 Å². The molecule has 2 atom stereocenters. The highest BCUT2D eigenvalue weighted by molar-refractivity contribution is 7.99. The Morgan fingerprint density at radius 3 is 2.71 bits per heavy atom. The summed E-state index contributed by atoms with van der Waals surface area (Å²) in [5, 5.41) is 14.7. The number of carbonyl (C=O) groups is 2. The molecule has 4 rings (SSSR count). The summed E-state index contributed by atoms with van der Waals surface area (Å²) in [5.74, 6) is 0.695. The summed E-state index contributed by atoms with van der Waals surface area (Å²) >= 11 is 1.76. The average molecular weight is 498 g/mol. The fourth-order valence-corrected chi connectivity index (χ4v) is 5.84. The van der Waals surface area contributed by atoms with E-state index < -0.39 is 0 Å². The second kappa shape index (κ2) is 12.5. The van der Waals surface area contributed by atoms with Crippen LogP contribution in [-0.4, -0.2) is 76.3 Å². The molecule has 0 radical (unpaired) electrons. The van der Waals surface area contributed by atoms with Crippen LogP contribution in [0.2, 0.25) is 0 Å². The van der Waals surface area contributed by atoms with Crippen molar-refractivity contribution in [2.75, 3.05) is 43.5 Å². The fraction of sp³-hybridized carbons (Fsp3) is 0.500. The molecular weight excluding hydrogens is 462 g/mol. The lowest BCUT2D eigenvalue weighted by Crippen LogP contribution is -2.53. The van der Waals surface area contributed by atoms with E-state index in [9.17, 15) is 14.8 Å². The average Bonchev–Trinajstić information content (AvgIpc) is 3.40. The Kier molecular flexibility index (Phi) is 9.14. The van der Waals surface area contributed by atoms with Crippen LogP contribution in [0.1, 0.15) is 42.7 Å². The molecule has 0 spiro atoms. The number of thioether (sulfide) groups is 1. The predicted octanol–water partition coefficient (Wildman–Crippen LogP) is 3.08. The summed E-state index contributed by atoms with van der Waals surface area (Å²) in [6, 6.07) is 11.4. The number of hydroxylamine groups is 1. The fourth-order valence-electron chi connectivity index (χ4n) is 4.63. The van der Waals surface area contributed by atoms with Gasteiger partial charge in [-0.1, -0.05) is 31.2 Å². The van der Waals surface area contributed by atoms with Crippen molar-refractivity contribution in [1.82, 2.24) is 20.1 Å². The van der Waals surface area contributed by atoms with Crippen molar-refractivity contribution in [3.8, 4) is 0 Å². The second-order valence-corrected chi connectivity index (χ2v) is 10.2. The number of aromatic nitrogens is 1. The number of amides is 2. The van der Waals surface area contributed by atoms with Crippen molar-refractivity contribution in [1.29, 1.82) is 0 Å². The highest BCUT2D eigenvalue weighted by Crippen LogP contribution is 2.32. The van der Waals surface area contributed by atoms with Crippen molar-refractivity contribution >= 4 is 29.3 Å². The van der Waals surface area contributed by atoms with Gasteiger partial charge < -0.3 is 4.90 Å².